The summed E-state index contributed by atoms with van der Waals surface area (Å²) >= 11 is 1.33. The number of nitro benzene ring substituents is 1. The maximum atomic E-state index is 12.1. The number of amides is 1. The molecule has 1 aromatic heterocycles. The minimum atomic E-state index is -0.437. The van der Waals surface area contributed by atoms with Gasteiger partial charge in [-0.05, 0) is 25.1 Å². The second-order valence-electron chi connectivity index (χ2n) is 5.76. The highest BCUT2D eigenvalue weighted by Gasteiger charge is 2.18. The number of rotatable bonds is 6. The van der Waals surface area contributed by atoms with Crippen LogP contribution in [0.15, 0.2) is 53.9 Å². The molecule has 138 valence electrons. The SMILES string of the molecule is CC(=O)N(c1ccccc1)c1nc(COc2cccc([N+](=O)[O-])c2C)cs1. The molecule has 7 nitrogen and oxygen atoms in total. The van der Waals surface area contributed by atoms with Crippen molar-refractivity contribution in [2.75, 3.05) is 4.90 Å². The van der Waals surface area contributed by atoms with E-state index in [1.165, 1.54) is 29.2 Å². The normalized spacial score (nSPS) is 10.4. The molecule has 0 N–H and O–H groups in total. The summed E-state index contributed by atoms with van der Waals surface area (Å²) in [5, 5.41) is 13.4. The Morgan fingerprint density at radius 2 is 1.96 bits per heavy atom. The summed E-state index contributed by atoms with van der Waals surface area (Å²) in [6.45, 7) is 3.28. The van der Waals surface area contributed by atoms with Gasteiger partial charge in [0.1, 0.15) is 12.4 Å². The average molecular weight is 383 g/mol. The number of anilines is 2. The standard InChI is InChI=1S/C19H17N3O4S/c1-13-17(22(24)25)9-6-10-18(13)26-11-15-12-27-19(20-15)21(14(2)23)16-7-4-3-5-8-16/h3-10,12H,11H2,1-2H3. The Balaban J connectivity index is 1.78. The minimum absolute atomic E-state index is 0.0123. The lowest BCUT2D eigenvalue weighted by Crippen LogP contribution is -2.22. The van der Waals surface area contributed by atoms with Crippen LogP contribution in [0.3, 0.4) is 0 Å². The summed E-state index contributed by atoms with van der Waals surface area (Å²) in [6, 6.07) is 14.0. The Labute approximate surface area is 160 Å². The number of carbonyl (C=O) groups is 1. The molecule has 0 aliphatic carbocycles. The van der Waals surface area contributed by atoms with Gasteiger partial charge in [0, 0.05) is 18.4 Å². The molecule has 0 spiro atoms. The van der Waals surface area contributed by atoms with Crippen LogP contribution in [-0.4, -0.2) is 15.8 Å². The van der Waals surface area contributed by atoms with Crippen molar-refractivity contribution < 1.29 is 14.5 Å². The number of aromatic nitrogens is 1. The van der Waals surface area contributed by atoms with Gasteiger partial charge in [0.15, 0.2) is 5.13 Å². The van der Waals surface area contributed by atoms with Crippen LogP contribution >= 0.6 is 11.3 Å². The first-order valence-electron chi connectivity index (χ1n) is 8.14. The number of nitro groups is 1. The Morgan fingerprint density at radius 3 is 2.63 bits per heavy atom. The molecule has 0 atom stereocenters. The van der Waals surface area contributed by atoms with Crippen molar-refractivity contribution in [1.29, 1.82) is 0 Å². The van der Waals surface area contributed by atoms with Gasteiger partial charge in [-0.15, -0.1) is 11.3 Å². The van der Waals surface area contributed by atoms with Crippen molar-refractivity contribution in [2.45, 2.75) is 20.5 Å². The van der Waals surface area contributed by atoms with Crippen molar-refractivity contribution in [1.82, 2.24) is 4.98 Å². The number of ether oxygens (including phenoxy) is 1. The van der Waals surface area contributed by atoms with E-state index in [-0.39, 0.29) is 18.2 Å². The molecule has 2 aromatic carbocycles. The molecule has 0 saturated heterocycles. The molecule has 0 bridgehead atoms. The van der Waals surface area contributed by atoms with Crippen LogP contribution < -0.4 is 9.64 Å². The maximum absolute atomic E-state index is 12.1. The van der Waals surface area contributed by atoms with E-state index < -0.39 is 4.92 Å². The van der Waals surface area contributed by atoms with Gasteiger partial charge in [-0.25, -0.2) is 4.98 Å². The molecule has 27 heavy (non-hydrogen) atoms. The van der Waals surface area contributed by atoms with Crippen molar-refractivity contribution in [2.24, 2.45) is 0 Å². The van der Waals surface area contributed by atoms with Crippen molar-refractivity contribution >= 4 is 33.8 Å². The van der Waals surface area contributed by atoms with Crippen LogP contribution in [-0.2, 0) is 11.4 Å². The fourth-order valence-electron chi connectivity index (χ4n) is 2.58. The highest BCUT2D eigenvalue weighted by atomic mass is 32.1. The Kier molecular flexibility index (Phi) is 5.46. The number of thiazole rings is 1. The molecule has 0 fully saturated rings. The lowest BCUT2D eigenvalue weighted by Gasteiger charge is -2.17. The lowest BCUT2D eigenvalue weighted by atomic mass is 10.2. The topological polar surface area (TPSA) is 85.6 Å². The van der Waals surface area contributed by atoms with E-state index in [0.717, 1.165) is 5.69 Å². The van der Waals surface area contributed by atoms with E-state index in [1.54, 1.807) is 24.4 Å². The lowest BCUT2D eigenvalue weighted by molar-refractivity contribution is -0.385. The van der Waals surface area contributed by atoms with Gasteiger partial charge in [0.25, 0.3) is 5.69 Å². The third-order valence-corrected chi connectivity index (χ3v) is 4.76. The molecule has 1 amide bonds. The monoisotopic (exact) mass is 383 g/mol. The zero-order chi connectivity index (χ0) is 19.4. The molecule has 1 heterocycles. The number of hydrogen-bond acceptors (Lipinski definition) is 6. The number of carbonyl (C=O) groups excluding carboxylic acids is 1. The molecular weight excluding hydrogens is 366 g/mol. The van der Waals surface area contributed by atoms with Gasteiger partial charge >= 0.3 is 0 Å². The number of nitrogens with zero attached hydrogens (tertiary/aromatic N) is 3. The summed E-state index contributed by atoms with van der Waals surface area (Å²) in [7, 11) is 0. The summed E-state index contributed by atoms with van der Waals surface area (Å²) in [5.41, 5.74) is 1.86. The third kappa shape index (κ3) is 4.12. The van der Waals surface area contributed by atoms with E-state index >= 15 is 0 Å². The molecule has 3 aromatic rings. The Hall–Kier alpha value is -3.26. The van der Waals surface area contributed by atoms with E-state index in [2.05, 4.69) is 4.98 Å². The van der Waals surface area contributed by atoms with Gasteiger partial charge in [0.05, 0.1) is 21.9 Å². The Bertz CT molecular complexity index is 972. The second-order valence-corrected chi connectivity index (χ2v) is 6.59. The first-order chi connectivity index (χ1) is 13.0. The third-order valence-electron chi connectivity index (χ3n) is 3.89. The predicted molar refractivity (Wildman–Crippen MR) is 104 cm³/mol. The largest absolute Gasteiger partial charge is 0.487 e. The first kappa shape index (κ1) is 18.5. The molecule has 0 saturated carbocycles. The highest BCUT2D eigenvalue weighted by molar-refractivity contribution is 7.14. The van der Waals surface area contributed by atoms with Gasteiger partial charge < -0.3 is 4.74 Å². The average Bonchev–Trinajstić information content (AvgIpc) is 3.09. The van der Waals surface area contributed by atoms with Gasteiger partial charge in [-0.3, -0.25) is 19.8 Å². The zero-order valence-corrected chi connectivity index (χ0v) is 15.6. The fourth-order valence-corrected chi connectivity index (χ4v) is 3.45. The molecule has 0 unspecified atom stereocenters. The maximum Gasteiger partial charge on any atom is 0.276 e. The Morgan fingerprint density at radius 1 is 1.22 bits per heavy atom. The van der Waals surface area contributed by atoms with Gasteiger partial charge in [0.2, 0.25) is 5.91 Å². The molecule has 0 aliphatic rings. The summed E-state index contributed by atoms with van der Waals surface area (Å²) in [4.78, 5) is 28.7. The van der Waals surface area contributed by atoms with Crippen LogP contribution in [0.4, 0.5) is 16.5 Å². The van der Waals surface area contributed by atoms with Crippen LogP contribution in [0.5, 0.6) is 5.75 Å². The number of hydrogen-bond donors (Lipinski definition) is 0. The van der Waals surface area contributed by atoms with E-state index in [9.17, 15) is 14.9 Å². The first-order valence-corrected chi connectivity index (χ1v) is 9.02. The van der Waals surface area contributed by atoms with E-state index in [0.29, 0.717) is 22.1 Å². The second kappa shape index (κ2) is 7.96. The van der Waals surface area contributed by atoms with Crippen molar-refractivity contribution in [3.05, 3.63) is 75.3 Å². The van der Waals surface area contributed by atoms with Gasteiger partial charge in [-0.2, -0.15) is 0 Å². The van der Waals surface area contributed by atoms with E-state index in [4.69, 9.17) is 4.74 Å². The molecule has 3 rings (SSSR count). The predicted octanol–water partition coefficient (Wildman–Crippen LogP) is 4.62. The fraction of sp³-hybridized carbons (Fsp3) is 0.158. The highest BCUT2D eigenvalue weighted by Crippen LogP contribution is 2.30. The van der Waals surface area contributed by atoms with Gasteiger partial charge in [-0.1, -0.05) is 24.3 Å². The smallest absolute Gasteiger partial charge is 0.276 e. The van der Waals surface area contributed by atoms with E-state index in [1.807, 2.05) is 30.3 Å². The quantitative estimate of drug-likeness (QED) is 0.458. The van der Waals surface area contributed by atoms with Crippen LogP contribution in [0, 0.1) is 17.0 Å². The minimum Gasteiger partial charge on any atom is -0.487 e. The molecular formula is C19H17N3O4S. The zero-order valence-electron chi connectivity index (χ0n) is 14.8. The number of para-hydroxylation sites is 1. The molecule has 0 radical (unpaired) electrons. The van der Waals surface area contributed by atoms with Crippen LogP contribution in [0.1, 0.15) is 18.2 Å². The summed E-state index contributed by atoms with van der Waals surface area (Å²) in [6.07, 6.45) is 0. The summed E-state index contributed by atoms with van der Waals surface area (Å²) < 4.78 is 5.71. The van der Waals surface area contributed by atoms with Crippen molar-refractivity contribution in [3.8, 4) is 5.75 Å². The molecule has 0 aliphatic heterocycles. The van der Waals surface area contributed by atoms with Crippen LogP contribution in [0.25, 0.3) is 0 Å². The molecule has 8 heteroatoms. The summed E-state index contributed by atoms with van der Waals surface area (Å²) in [5.74, 6) is 0.294. The van der Waals surface area contributed by atoms with Crippen LogP contribution in [0.2, 0.25) is 0 Å². The number of benzene rings is 2. The van der Waals surface area contributed by atoms with Crippen molar-refractivity contribution in [3.63, 3.8) is 0 Å².